The Bertz CT molecular complexity index is 180. The van der Waals surface area contributed by atoms with Gasteiger partial charge in [-0.25, -0.2) is 0 Å². The van der Waals surface area contributed by atoms with E-state index in [0.717, 1.165) is 11.1 Å². The van der Waals surface area contributed by atoms with Crippen LogP contribution in [-0.2, 0) is 0 Å². The van der Waals surface area contributed by atoms with Gasteiger partial charge in [0.1, 0.15) is 0 Å². The van der Waals surface area contributed by atoms with Crippen LogP contribution in [0.2, 0.25) is 0 Å². The van der Waals surface area contributed by atoms with Crippen molar-refractivity contribution in [3.05, 3.63) is 48.6 Å². The Labute approximate surface area is 63.3 Å². The van der Waals surface area contributed by atoms with Gasteiger partial charge in [0, 0.05) is 0 Å². The summed E-state index contributed by atoms with van der Waals surface area (Å²) in [7, 11) is 0. The second-order valence-corrected chi connectivity index (χ2v) is 2.14. The van der Waals surface area contributed by atoms with Crippen molar-refractivity contribution in [1.29, 1.82) is 0 Å². The first-order chi connectivity index (χ1) is 4.72. The molecule has 0 aliphatic carbocycles. The molecule has 0 heteroatoms. The van der Waals surface area contributed by atoms with E-state index >= 15 is 0 Å². The number of allylic oxidation sites excluding steroid dienone is 6. The number of hydrogen-bond acceptors (Lipinski definition) is 0. The Balaban J connectivity index is 4.41. The summed E-state index contributed by atoms with van der Waals surface area (Å²) in [6.45, 7) is 11.4. The molecule has 0 nitrogen and oxygen atoms in total. The van der Waals surface area contributed by atoms with Gasteiger partial charge in [0.2, 0.25) is 0 Å². The van der Waals surface area contributed by atoms with Gasteiger partial charge in [-0.1, -0.05) is 43.0 Å². The standard InChI is InChI=1S/C10H14/c1-5-7-10(8-6-2)9(3)4/h5-8H,1,3H2,2,4H3/b8-6-,10-7+. The molecule has 0 aromatic rings. The SMILES string of the molecule is C=C/C=C(\C=C/C)C(=C)C. The van der Waals surface area contributed by atoms with Crippen LogP contribution in [0.4, 0.5) is 0 Å². The zero-order chi connectivity index (χ0) is 7.98. The summed E-state index contributed by atoms with van der Waals surface area (Å²) >= 11 is 0. The van der Waals surface area contributed by atoms with Crippen LogP contribution < -0.4 is 0 Å². The van der Waals surface area contributed by atoms with E-state index in [1.165, 1.54) is 0 Å². The van der Waals surface area contributed by atoms with Crippen LogP contribution in [0, 0.1) is 0 Å². The van der Waals surface area contributed by atoms with Crippen molar-refractivity contribution >= 4 is 0 Å². The van der Waals surface area contributed by atoms with E-state index in [-0.39, 0.29) is 0 Å². The molecular formula is C10H14. The normalized spacial score (nSPS) is 12.0. The first-order valence-electron chi connectivity index (χ1n) is 3.33. The predicted molar refractivity (Wildman–Crippen MR) is 47.9 cm³/mol. The molecule has 0 atom stereocenters. The molecule has 0 aromatic carbocycles. The third-order valence-corrected chi connectivity index (χ3v) is 1.14. The van der Waals surface area contributed by atoms with Gasteiger partial charge in [0.15, 0.2) is 0 Å². The van der Waals surface area contributed by atoms with E-state index in [2.05, 4.69) is 13.2 Å². The molecule has 54 valence electrons. The van der Waals surface area contributed by atoms with Crippen LogP contribution in [0.15, 0.2) is 48.6 Å². The quantitative estimate of drug-likeness (QED) is 0.520. The van der Waals surface area contributed by atoms with Crippen molar-refractivity contribution in [2.24, 2.45) is 0 Å². The van der Waals surface area contributed by atoms with Crippen molar-refractivity contribution in [3.8, 4) is 0 Å². The summed E-state index contributed by atoms with van der Waals surface area (Å²) in [4.78, 5) is 0. The molecule has 0 spiro atoms. The van der Waals surface area contributed by atoms with E-state index in [0.29, 0.717) is 0 Å². The minimum atomic E-state index is 1.07. The molecule has 0 radical (unpaired) electrons. The average molecular weight is 134 g/mol. The molecule has 0 fully saturated rings. The Hall–Kier alpha value is -1.04. The summed E-state index contributed by atoms with van der Waals surface area (Å²) in [5.74, 6) is 0. The molecule has 0 aliphatic heterocycles. The lowest BCUT2D eigenvalue weighted by Crippen LogP contribution is -1.76. The minimum absolute atomic E-state index is 1.07. The van der Waals surface area contributed by atoms with Crippen LogP contribution in [0.3, 0.4) is 0 Å². The van der Waals surface area contributed by atoms with Crippen molar-refractivity contribution < 1.29 is 0 Å². The largest absolute Gasteiger partial charge is 0.0990 e. The van der Waals surface area contributed by atoms with E-state index in [1.54, 1.807) is 6.08 Å². The van der Waals surface area contributed by atoms with Crippen LogP contribution >= 0.6 is 0 Å². The zero-order valence-electron chi connectivity index (χ0n) is 6.72. The highest BCUT2D eigenvalue weighted by molar-refractivity contribution is 5.38. The minimum Gasteiger partial charge on any atom is -0.0990 e. The highest BCUT2D eigenvalue weighted by Crippen LogP contribution is 2.07. The molecule has 0 saturated heterocycles. The highest BCUT2D eigenvalue weighted by atomic mass is 13.9. The number of rotatable bonds is 3. The fraction of sp³-hybridized carbons (Fsp3) is 0.200. The first-order valence-corrected chi connectivity index (χ1v) is 3.33. The van der Waals surface area contributed by atoms with Gasteiger partial charge in [-0.2, -0.15) is 0 Å². The number of hydrogen-bond donors (Lipinski definition) is 0. The Morgan fingerprint density at radius 3 is 2.30 bits per heavy atom. The molecule has 0 aliphatic rings. The average Bonchev–Trinajstić information content (AvgIpc) is 1.87. The maximum absolute atomic E-state index is 3.83. The molecule has 0 amide bonds. The maximum Gasteiger partial charge on any atom is -0.0237 e. The van der Waals surface area contributed by atoms with Crippen LogP contribution in [0.5, 0.6) is 0 Å². The Kier molecular flexibility index (Phi) is 4.30. The lowest BCUT2D eigenvalue weighted by molar-refractivity contribution is 1.44. The molecule has 0 unspecified atom stereocenters. The van der Waals surface area contributed by atoms with Gasteiger partial charge in [0.05, 0.1) is 0 Å². The highest BCUT2D eigenvalue weighted by Gasteiger charge is 1.87. The molecule has 0 rings (SSSR count). The molecular weight excluding hydrogens is 120 g/mol. The molecule has 0 bridgehead atoms. The second-order valence-electron chi connectivity index (χ2n) is 2.14. The lowest BCUT2D eigenvalue weighted by atomic mass is 10.1. The van der Waals surface area contributed by atoms with Crippen molar-refractivity contribution in [2.45, 2.75) is 13.8 Å². The van der Waals surface area contributed by atoms with Crippen LogP contribution in [0.25, 0.3) is 0 Å². The summed E-state index contributed by atoms with van der Waals surface area (Å²) in [6, 6.07) is 0. The fourth-order valence-corrected chi connectivity index (χ4v) is 0.647. The maximum atomic E-state index is 3.83. The first kappa shape index (κ1) is 8.96. The summed E-state index contributed by atoms with van der Waals surface area (Å²) in [6.07, 6.45) is 7.72. The molecule has 0 heterocycles. The smallest absolute Gasteiger partial charge is 0.0237 e. The van der Waals surface area contributed by atoms with Crippen LogP contribution in [-0.4, -0.2) is 0 Å². The van der Waals surface area contributed by atoms with Gasteiger partial charge in [0.25, 0.3) is 0 Å². The summed E-state index contributed by atoms with van der Waals surface area (Å²) in [5, 5.41) is 0. The van der Waals surface area contributed by atoms with Crippen molar-refractivity contribution in [3.63, 3.8) is 0 Å². The van der Waals surface area contributed by atoms with Gasteiger partial charge in [-0.15, -0.1) is 0 Å². The topological polar surface area (TPSA) is 0 Å². The monoisotopic (exact) mass is 134 g/mol. The van der Waals surface area contributed by atoms with Gasteiger partial charge in [-0.05, 0) is 19.4 Å². The van der Waals surface area contributed by atoms with Crippen LogP contribution in [0.1, 0.15) is 13.8 Å². The molecule has 0 aromatic heterocycles. The van der Waals surface area contributed by atoms with Crippen molar-refractivity contribution in [1.82, 2.24) is 0 Å². The third-order valence-electron chi connectivity index (χ3n) is 1.14. The molecule has 10 heavy (non-hydrogen) atoms. The predicted octanol–water partition coefficient (Wildman–Crippen LogP) is 3.25. The van der Waals surface area contributed by atoms with E-state index in [4.69, 9.17) is 0 Å². The third kappa shape index (κ3) is 3.08. The molecule has 0 N–H and O–H groups in total. The van der Waals surface area contributed by atoms with E-state index in [1.807, 2.05) is 32.1 Å². The van der Waals surface area contributed by atoms with Gasteiger partial charge in [-0.3, -0.25) is 0 Å². The summed E-state index contributed by atoms with van der Waals surface area (Å²) < 4.78 is 0. The van der Waals surface area contributed by atoms with E-state index < -0.39 is 0 Å². The Morgan fingerprint density at radius 1 is 1.40 bits per heavy atom. The zero-order valence-corrected chi connectivity index (χ0v) is 6.72. The van der Waals surface area contributed by atoms with Crippen molar-refractivity contribution in [2.75, 3.05) is 0 Å². The van der Waals surface area contributed by atoms with Gasteiger partial charge < -0.3 is 0 Å². The Morgan fingerprint density at radius 2 is 2.00 bits per heavy atom. The second kappa shape index (κ2) is 4.80. The molecule has 0 saturated carbocycles. The fourth-order valence-electron chi connectivity index (χ4n) is 0.647. The van der Waals surface area contributed by atoms with E-state index in [9.17, 15) is 0 Å². The summed E-state index contributed by atoms with van der Waals surface area (Å²) in [5.41, 5.74) is 2.20. The lowest BCUT2D eigenvalue weighted by Gasteiger charge is -1.96. The van der Waals surface area contributed by atoms with Gasteiger partial charge >= 0.3 is 0 Å².